The number of hydrogen-bond donors (Lipinski definition) is 0. The Morgan fingerprint density at radius 1 is 1.34 bits per heavy atom. The van der Waals surface area contributed by atoms with Crippen molar-refractivity contribution in [3.05, 3.63) is 75.1 Å². The fourth-order valence-corrected chi connectivity index (χ4v) is 4.18. The third-order valence-corrected chi connectivity index (χ3v) is 6.30. The normalized spacial score (nSPS) is 23.0. The fourth-order valence-electron chi connectivity index (χ4n) is 3.14. The number of ether oxygens (including phenoxy) is 2. The van der Waals surface area contributed by atoms with Gasteiger partial charge in [-0.15, -0.1) is 11.8 Å². The van der Waals surface area contributed by atoms with Crippen LogP contribution in [0.3, 0.4) is 0 Å². The molecule has 0 radical (unpaired) electrons. The van der Waals surface area contributed by atoms with Crippen molar-refractivity contribution in [2.45, 2.75) is 45.1 Å². The highest BCUT2D eigenvalue weighted by Crippen LogP contribution is 2.33. The Labute approximate surface area is 190 Å². The number of halogens is 2. The lowest BCUT2D eigenvalue weighted by Crippen LogP contribution is -2.37. The van der Waals surface area contributed by atoms with Crippen LogP contribution in [0.4, 0.5) is 0 Å². The Morgan fingerprint density at radius 2 is 2.14 bits per heavy atom. The first-order chi connectivity index (χ1) is 13.9. The van der Waals surface area contributed by atoms with Crippen molar-refractivity contribution in [1.82, 2.24) is 9.55 Å². The summed E-state index contributed by atoms with van der Waals surface area (Å²) in [5.41, 5.74) is 1.22. The van der Waals surface area contributed by atoms with E-state index in [1.807, 2.05) is 29.8 Å². The monoisotopic (exact) mass is 496 g/mol. The summed E-state index contributed by atoms with van der Waals surface area (Å²) in [5, 5.41) is 0.751. The molecule has 0 aliphatic carbocycles. The molecular formula is C22H26BrClN2O2S. The molecule has 2 aromatic rings. The molecule has 1 aromatic carbocycles. The molecule has 0 N–H and O–H groups in total. The van der Waals surface area contributed by atoms with Gasteiger partial charge in [0.05, 0.1) is 25.6 Å². The van der Waals surface area contributed by atoms with Gasteiger partial charge >= 0.3 is 0 Å². The number of thioether (sulfide) groups is 1. The molecule has 0 saturated carbocycles. The smallest absolute Gasteiger partial charge is 0.187 e. The van der Waals surface area contributed by atoms with Crippen LogP contribution >= 0.6 is 39.3 Å². The van der Waals surface area contributed by atoms with Gasteiger partial charge in [0, 0.05) is 29.6 Å². The van der Waals surface area contributed by atoms with Gasteiger partial charge in [-0.3, -0.25) is 0 Å². The van der Waals surface area contributed by atoms with Gasteiger partial charge in [-0.1, -0.05) is 51.8 Å². The standard InChI is InChI=1S/C22H26BrClN2O2S/c1-17(23)3-4-18(2)29-14-21-13-27-22(28-21,15-26-12-11-25-16-26)10-9-19-5-7-20(24)8-6-19/h3-8,11-12,16,21H,9-10,13-15H2,1-2H3/t21-,22+/m0/s1. The van der Waals surface area contributed by atoms with E-state index in [0.29, 0.717) is 13.2 Å². The average molecular weight is 498 g/mol. The number of aryl methyl sites for hydroxylation is 1. The van der Waals surface area contributed by atoms with E-state index in [2.05, 4.69) is 52.1 Å². The first kappa shape index (κ1) is 22.6. The molecule has 1 saturated heterocycles. The Kier molecular flexibility index (Phi) is 8.45. The number of rotatable bonds is 9. The molecule has 0 unspecified atom stereocenters. The van der Waals surface area contributed by atoms with Gasteiger partial charge in [-0.05, 0) is 47.4 Å². The second kappa shape index (κ2) is 10.8. The number of benzene rings is 1. The maximum absolute atomic E-state index is 6.47. The Bertz CT molecular complexity index is 835. The third-order valence-electron chi connectivity index (χ3n) is 4.65. The average Bonchev–Trinajstić information content (AvgIpc) is 3.35. The summed E-state index contributed by atoms with van der Waals surface area (Å²) in [4.78, 5) is 5.40. The van der Waals surface area contributed by atoms with Crippen molar-refractivity contribution < 1.29 is 9.47 Å². The van der Waals surface area contributed by atoms with Gasteiger partial charge in [-0.2, -0.15) is 0 Å². The number of aromatic nitrogens is 2. The highest BCUT2D eigenvalue weighted by atomic mass is 79.9. The second-order valence-corrected chi connectivity index (χ2v) is 10.1. The first-order valence-corrected chi connectivity index (χ1v) is 11.8. The number of imidazole rings is 1. The summed E-state index contributed by atoms with van der Waals surface area (Å²) < 4.78 is 15.9. The predicted molar refractivity (Wildman–Crippen MR) is 124 cm³/mol. The molecular weight excluding hydrogens is 472 g/mol. The van der Waals surface area contributed by atoms with Crippen LogP contribution in [0.5, 0.6) is 0 Å². The minimum atomic E-state index is -0.643. The number of allylic oxidation sites excluding steroid dienone is 4. The van der Waals surface area contributed by atoms with E-state index >= 15 is 0 Å². The van der Waals surface area contributed by atoms with Crippen LogP contribution < -0.4 is 0 Å². The predicted octanol–water partition coefficient (Wildman–Crippen LogP) is 6.22. The molecule has 1 fully saturated rings. The highest BCUT2D eigenvalue weighted by Gasteiger charge is 2.41. The summed E-state index contributed by atoms with van der Waals surface area (Å²) in [6.07, 6.45) is 11.4. The van der Waals surface area contributed by atoms with Crippen molar-refractivity contribution in [2.24, 2.45) is 0 Å². The summed E-state index contributed by atoms with van der Waals surface area (Å²) in [7, 11) is 0. The van der Waals surface area contributed by atoms with Crippen LogP contribution in [-0.2, 0) is 22.4 Å². The molecule has 3 rings (SSSR count). The molecule has 4 nitrogen and oxygen atoms in total. The van der Waals surface area contributed by atoms with Crippen LogP contribution in [0.2, 0.25) is 5.02 Å². The summed E-state index contributed by atoms with van der Waals surface area (Å²) in [6.45, 7) is 5.37. The van der Waals surface area contributed by atoms with Crippen LogP contribution in [-0.4, -0.2) is 33.8 Å². The van der Waals surface area contributed by atoms with Crippen molar-refractivity contribution in [3.63, 3.8) is 0 Å². The van der Waals surface area contributed by atoms with E-state index in [0.717, 1.165) is 28.1 Å². The van der Waals surface area contributed by atoms with Crippen molar-refractivity contribution in [1.29, 1.82) is 0 Å². The fraction of sp³-hybridized carbons (Fsp3) is 0.409. The van der Waals surface area contributed by atoms with Crippen molar-refractivity contribution >= 4 is 39.3 Å². The summed E-state index contributed by atoms with van der Waals surface area (Å²) >= 11 is 11.3. The minimum absolute atomic E-state index is 0.0612. The largest absolute Gasteiger partial charge is 0.345 e. The van der Waals surface area contributed by atoms with E-state index < -0.39 is 5.79 Å². The van der Waals surface area contributed by atoms with Gasteiger partial charge in [0.15, 0.2) is 5.79 Å². The highest BCUT2D eigenvalue weighted by molar-refractivity contribution is 9.11. The SMILES string of the molecule is CC(Br)=CC=C(C)SC[C@@H]1CO[C@@](CCc2ccc(Cl)cc2)(Cn2ccnc2)O1. The molecule has 29 heavy (non-hydrogen) atoms. The summed E-state index contributed by atoms with van der Waals surface area (Å²) in [6, 6.07) is 7.97. The Balaban J connectivity index is 1.62. The molecule has 0 spiro atoms. The van der Waals surface area contributed by atoms with E-state index in [9.17, 15) is 0 Å². The third kappa shape index (κ3) is 7.30. The summed E-state index contributed by atoms with van der Waals surface area (Å²) in [5.74, 6) is 0.222. The van der Waals surface area contributed by atoms with E-state index in [-0.39, 0.29) is 6.10 Å². The quantitative estimate of drug-likeness (QED) is 0.386. The lowest BCUT2D eigenvalue weighted by molar-refractivity contribution is -0.180. The lowest BCUT2D eigenvalue weighted by Gasteiger charge is -2.28. The molecule has 7 heteroatoms. The molecule has 156 valence electrons. The van der Waals surface area contributed by atoms with Crippen molar-refractivity contribution in [3.8, 4) is 0 Å². The molecule has 1 aliphatic rings. The molecule has 2 heterocycles. The van der Waals surface area contributed by atoms with Crippen LogP contribution in [0.1, 0.15) is 25.8 Å². The van der Waals surface area contributed by atoms with E-state index in [1.54, 1.807) is 24.3 Å². The van der Waals surface area contributed by atoms with Gasteiger partial charge in [0.2, 0.25) is 0 Å². The Hall–Kier alpha value is -1.05. The van der Waals surface area contributed by atoms with Gasteiger partial charge in [-0.25, -0.2) is 4.98 Å². The number of hydrogen-bond acceptors (Lipinski definition) is 4. The maximum atomic E-state index is 6.47. The molecule has 1 aliphatic heterocycles. The molecule has 0 bridgehead atoms. The zero-order chi connectivity index (χ0) is 20.7. The van der Waals surface area contributed by atoms with Gasteiger partial charge in [0.1, 0.15) is 0 Å². The second-order valence-electron chi connectivity index (χ2n) is 7.16. The number of nitrogens with zero attached hydrogens (tertiary/aromatic N) is 2. The van der Waals surface area contributed by atoms with Crippen LogP contribution in [0.25, 0.3) is 0 Å². The van der Waals surface area contributed by atoms with E-state index in [1.165, 1.54) is 10.5 Å². The first-order valence-electron chi connectivity index (χ1n) is 9.59. The van der Waals surface area contributed by atoms with Crippen LogP contribution in [0, 0.1) is 0 Å². The maximum Gasteiger partial charge on any atom is 0.187 e. The molecule has 1 aromatic heterocycles. The zero-order valence-corrected chi connectivity index (χ0v) is 19.8. The zero-order valence-electron chi connectivity index (χ0n) is 16.7. The minimum Gasteiger partial charge on any atom is -0.345 e. The Morgan fingerprint density at radius 3 is 2.83 bits per heavy atom. The lowest BCUT2D eigenvalue weighted by atomic mass is 10.0. The molecule has 0 amide bonds. The topological polar surface area (TPSA) is 36.3 Å². The van der Waals surface area contributed by atoms with Gasteiger partial charge < -0.3 is 14.0 Å². The van der Waals surface area contributed by atoms with Gasteiger partial charge in [0.25, 0.3) is 0 Å². The van der Waals surface area contributed by atoms with E-state index in [4.69, 9.17) is 21.1 Å². The van der Waals surface area contributed by atoms with Crippen molar-refractivity contribution in [2.75, 3.05) is 12.4 Å². The van der Waals surface area contributed by atoms with Crippen LogP contribution in [0.15, 0.2) is 64.5 Å². The molecule has 2 atom stereocenters.